The second-order valence-corrected chi connectivity index (χ2v) is 5.54. The summed E-state index contributed by atoms with van der Waals surface area (Å²) in [6.07, 6.45) is 0. The van der Waals surface area contributed by atoms with Gasteiger partial charge in [0, 0.05) is 16.4 Å². The van der Waals surface area contributed by atoms with Crippen LogP contribution in [0.4, 0.5) is 21.0 Å². The van der Waals surface area contributed by atoms with E-state index in [2.05, 4.69) is 21.3 Å². The van der Waals surface area contributed by atoms with Gasteiger partial charge in [-0.05, 0) is 35.9 Å². The van der Waals surface area contributed by atoms with E-state index in [1.807, 2.05) is 0 Å². The van der Waals surface area contributed by atoms with Gasteiger partial charge in [0.25, 0.3) is 5.91 Å². The van der Waals surface area contributed by atoms with E-state index in [0.717, 1.165) is 0 Å². The maximum Gasteiger partial charge on any atom is 0.323 e. The summed E-state index contributed by atoms with van der Waals surface area (Å²) < 4.78 is 0. The Labute approximate surface area is 142 Å². The van der Waals surface area contributed by atoms with Gasteiger partial charge in [-0.15, -0.1) is 0 Å². The molecule has 8 heteroatoms. The van der Waals surface area contributed by atoms with Crippen molar-refractivity contribution in [1.29, 1.82) is 0 Å². The first-order chi connectivity index (χ1) is 11.5. The minimum Gasteiger partial charge on any atom is -0.322 e. The molecule has 0 aliphatic carbocycles. The second-order valence-electron chi connectivity index (χ2n) is 5.11. The van der Waals surface area contributed by atoms with Gasteiger partial charge in [0.15, 0.2) is 0 Å². The summed E-state index contributed by atoms with van der Waals surface area (Å²) in [5, 5.41) is 10.5. The number of hydrogen-bond acceptors (Lipinski definition) is 3. The number of amides is 5. The molecule has 0 spiro atoms. The van der Waals surface area contributed by atoms with Gasteiger partial charge in [-0.25, -0.2) is 9.59 Å². The Hall–Kier alpha value is -3.06. The fraction of sp³-hybridized carbons (Fsp3) is 0.0625. The summed E-state index contributed by atoms with van der Waals surface area (Å²) >= 11 is 5.86. The Bertz CT molecular complexity index is 807. The molecule has 0 aromatic heterocycles. The van der Waals surface area contributed by atoms with Gasteiger partial charge >= 0.3 is 12.1 Å². The minimum atomic E-state index is -0.716. The molecule has 4 N–H and O–H groups in total. The predicted octanol–water partition coefficient (Wildman–Crippen LogP) is 2.86. The molecule has 0 saturated carbocycles. The number of urea groups is 2. The third-order valence-corrected chi connectivity index (χ3v) is 3.59. The SMILES string of the molecule is O=C(Nc1ccc(C2NC(=O)NC2=O)cc1)Nc1cccc(Cl)c1. The lowest BCUT2D eigenvalue weighted by atomic mass is 10.1. The van der Waals surface area contributed by atoms with Crippen LogP contribution in [-0.4, -0.2) is 18.0 Å². The number of imide groups is 1. The lowest BCUT2D eigenvalue weighted by Gasteiger charge is -2.10. The number of carbonyl (C=O) groups is 3. The van der Waals surface area contributed by atoms with Crippen molar-refractivity contribution < 1.29 is 14.4 Å². The largest absolute Gasteiger partial charge is 0.323 e. The highest BCUT2D eigenvalue weighted by Gasteiger charge is 2.30. The highest BCUT2D eigenvalue weighted by Crippen LogP contribution is 2.20. The van der Waals surface area contributed by atoms with Crippen molar-refractivity contribution in [2.75, 3.05) is 10.6 Å². The lowest BCUT2D eigenvalue weighted by Crippen LogP contribution is -2.22. The number of halogens is 1. The average molecular weight is 345 g/mol. The Morgan fingerprint density at radius 3 is 2.33 bits per heavy atom. The molecule has 3 rings (SSSR count). The van der Waals surface area contributed by atoms with Gasteiger partial charge in [-0.2, -0.15) is 0 Å². The molecule has 2 aromatic rings. The van der Waals surface area contributed by atoms with Crippen molar-refractivity contribution in [2.45, 2.75) is 6.04 Å². The molecule has 0 bridgehead atoms. The van der Waals surface area contributed by atoms with Crippen LogP contribution in [0.5, 0.6) is 0 Å². The van der Waals surface area contributed by atoms with Crippen LogP contribution in [0.1, 0.15) is 11.6 Å². The van der Waals surface area contributed by atoms with Gasteiger partial charge < -0.3 is 16.0 Å². The van der Waals surface area contributed by atoms with Crippen molar-refractivity contribution in [1.82, 2.24) is 10.6 Å². The van der Waals surface area contributed by atoms with E-state index in [-0.39, 0.29) is 0 Å². The molecule has 1 aliphatic heterocycles. The predicted molar refractivity (Wildman–Crippen MR) is 90.0 cm³/mol. The Balaban J connectivity index is 1.63. The van der Waals surface area contributed by atoms with E-state index >= 15 is 0 Å². The molecule has 1 atom stereocenters. The molecule has 7 nitrogen and oxygen atoms in total. The van der Waals surface area contributed by atoms with Gasteiger partial charge in [0.1, 0.15) is 6.04 Å². The third kappa shape index (κ3) is 3.64. The first-order valence-electron chi connectivity index (χ1n) is 7.06. The van der Waals surface area contributed by atoms with Crippen LogP contribution in [0.15, 0.2) is 48.5 Å². The molecule has 1 unspecified atom stereocenters. The number of rotatable bonds is 3. The van der Waals surface area contributed by atoms with Gasteiger partial charge in [0.2, 0.25) is 0 Å². The fourth-order valence-electron chi connectivity index (χ4n) is 2.27. The van der Waals surface area contributed by atoms with Crippen LogP contribution < -0.4 is 21.3 Å². The first kappa shape index (κ1) is 15.8. The molecule has 122 valence electrons. The van der Waals surface area contributed by atoms with E-state index in [4.69, 9.17) is 11.6 Å². The summed E-state index contributed by atoms with van der Waals surface area (Å²) in [6.45, 7) is 0. The normalized spacial score (nSPS) is 16.3. The maximum absolute atomic E-state index is 11.9. The monoisotopic (exact) mass is 344 g/mol. The molecular formula is C16H13ClN4O3. The van der Waals surface area contributed by atoms with Crippen molar-refractivity contribution in [3.63, 3.8) is 0 Å². The van der Waals surface area contributed by atoms with E-state index in [0.29, 0.717) is 22.0 Å². The van der Waals surface area contributed by atoms with Crippen molar-refractivity contribution in [3.05, 3.63) is 59.1 Å². The highest BCUT2D eigenvalue weighted by molar-refractivity contribution is 6.30. The van der Waals surface area contributed by atoms with Crippen molar-refractivity contribution >= 4 is 40.9 Å². The van der Waals surface area contributed by atoms with E-state index in [9.17, 15) is 14.4 Å². The van der Waals surface area contributed by atoms with Gasteiger partial charge in [-0.3, -0.25) is 10.1 Å². The Morgan fingerprint density at radius 1 is 1.00 bits per heavy atom. The highest BCUT2D eigenvalue weighted by atomic mass is 35.5. The molecule has 5 amide bonds. The molecule has 1 heterocycles. The number of benzene rings is 2. The Morgan fingerprint density at radius 2 is 1.71 bits per heavy atom. The van der Waals surface area contributed by atoms with E-state index in [1.165, 1.54) is 0 Å². The summed E-state index contributed by atoms with van der Waals surface area (Å²) in [4.78, 5) is 34.7. The van der Waals surface area contributed by atoms with Crippen molar-refractivity contribution in [3.8, 4) is 0 Å². The summed E-state index contributed by atoms with van der Waals surface area (Å²) in [6, 6.07) is 11.7. The van der Waals surface area contributed by atoms with Gasteiger partial charge in [-0.1, -0.05) is 29.8 Å². The van der Waals surface area contributed by atoms with Crippen LogP contribution in [0.2, 0.25) is 5.02 Å². The first-order valence-corrected chi connectivity index (χ1v) is 7.44. The molecule has 1 fully saturated rings. The molecule has 1 saturated heterocycles. The summed E-state index contributed by atoms with van der Waals surface area (Å²) in [7, 11) is 0. The average Bonchev–Trinajstić information content (AvgIpc) is 2.86. The van der Waals surface area contributed by atoms with Crippen LogP contribution >= 0.6 is 11.6 Å². The zero-order valence-electron chi connectivity index (χ0n) is 12.3. The summed E-state index contributed by atoms with van der Waals surface area (Å²) in [5.41, 5.74) is 1.74. The minimum absolute atomic E-state index is 0.403. The van der Waals surface area contributed by atoms with Gasteiger partial charge in [0.05, 0.1) is 0 Å². The smallest absolute Gasteiger partial charge is 0.322 e. The topological polar surface area (TPSA) is 99.3 Å². The van der Waals surface area contributed by atoms with Crippen LogP contribution in [-0.2, 0) is 4.79 Å². The molecular weight excluding hydrogens is 332 g/mol. The van der Waals surface area contributed by atoms with Crippen molar-refractivity contribution in [2.24, 2.45) is 0 Å². The third-order valence-electron chi connectivity index (χ3n) is 3.36. The zero-order valence-corrected chi connectivity index (χ0v) is 13.1. The van der Waals surface area contributed by atoms with E-state index in [1.54, 1.807) is 48.5 Å². The van der Waals surface area contributed by atoms with Crippen LogP contribution in [0.3, 0.4) is 0 Å². The Kier molecular flexibility index (Phi) is 4.35. The molecule has 1 aliphatic rings. The van der Waals surface area contributed by atoms with Crippen LogP contribution in [0, 0.1) is 0 Å². The maximum atomic E-state index is 11.9. The number of carbonyl (C=O) groups excluding carboxylic acids is 3. The standard InChI is InChI=1S/C16H13ClN4O3/c17-10-2-1-3-12(8-10)19-15(23)18-11-6-4-9(5-7-11)13-14(22)21-16(24)20-13/h1-8,13H,(H2,18,19,23)(H2,20,21,22,24). The second kappa shape index (κ2) is 6.59. The summed E-state index contributed by atoms with van der Waals surface area (Å²) in [5.74, 6) is -0.403. The quantitative estimate of drug-likeness (QED) is 0.644. The van der Waals surface area contributed by atoms with Crippen LogP contribution in [0.25, 0.3) is 0 Å². The fourth-order valence-corrected chi connectivity index (χ4v) is 2.46. The molecule has 24 heavy (non-hydrogen) atoms. The number of anilines is 2. The zero-order chi connectivity index (χ0) is 17.1. The molecule has 0 radical (unpaired) electrons. The molecule has 2 aromatic carbocycles. The van der Waals surface area contributed by atoms with E-state index < -0.39 is 24.0 Å². The number of nitrogens with one attached hydrogen (secondary N) is 4. The lowest BCUT2D eigenvalue weighted by molar-refractivity contribution is -0.120. The number of hydrogen-bond donors (Lipinski definition) is 4.